The Bertz CT molecular complexity index is 266. The molecule has 0 unspecified atom stereocenters. The lowest BCUT2D eigenvalue weighted by molar-refractivity contribution is 0.0845. The first-order valence-electron chi connectivity index (χ1n) is 4.72. The summed E-state index contributed by atoms with van der Waals surface area (Å²) in [5.74, 6) is 0.560. The zero-order valence-corrected chi connectivity index (χ0v) is 7.62. The molecule has 1 aromatic rings. The van der Waals surface area contributed by atoms with Crippen molar-refractivity contribution in [3.63, 3.8) is 0 Å². The maximum absolute atomic E-state index is 5.50. The summed E-state index contributed by atoms with van der Waals surface area (Å²) in [6, 6.07) is 2.07. The van der Waals surface area contributed by atoms with Gasteiger partial charge in [-0.2, -0.15) is 5.10 Å². The van der Waals surface area contributed by atoms with Crippen molar-refractivity contribution in [2.75, 3.05) is 13.2 Å². The Morgan fingerprint density at radius 3 is 2.92 bits per heavy atom. The predicted molar refractivity (Wildman–Crippen MR) is 49.3 cm³/mol. The van der Waals surface area contributed by atoms with Crippen LogP contribution in [0.15, 0.2) is 6.07 Å². The van der Waals surface area contributed by atoms with E-state index in [1.54, 1.807) is 0 Å². The van der Waals surface area contributed by atoms with Crippen molar-refractivity contribution in [3.05, 3.63) is 17.5 Å². The van der Waals surface area contributed by atoms with Crippen molar-refractivity contribution >= 4 is 0 Å². The molecule has 1 aliphatic heterocycles. The number of hydrogen-bond donors (Lipinski definition) is 2. The van der Waals surface area contributed by atoms with E-state index in [2.05, 4.69) is 16.3 Å². The summed E-state index contributed by atoms with van der Waals surface area (Å²) in [5, 5.41) is 7.19. The van der Waals surface area contributed by atoms with Crippen LogP contribution in [0.5, 0.6) is 0 Å². The fraction of sp³-hybridized carbons (Fsp3) is 0.667. The Morgan fingerprint density at radius 2 is 2.31 bits per heavy atom. The standard InChI is InChI=1S/C9H15N3O/c10-6-8-5-9(12-11-8)7-1-3-13-4-2-7/h5,7H,1-4,6,10H2,(H,11,12). The van der Waals surface area contributed by atoms with Crippen molar-refractivity contribution in [1.29, 1.82) is 0 Å². The zero-order valence-electron chi connectivity index (χ0n) is 7.62. The second-order valence-corrected chi connectivity index (χ2v) is 3.41. The van der Waals surface area contributed by atoms with Crippen molar-refractivity contribution < 1.29 is 4.74 Å². The van der Waals surface area contributed by atoms with Gasteiger partial charge in [0.2, 0.25) is 0 Å². The highest BCUT2D eigenvalue weighted by Gasteiger charge is 2.18. The molecule has 1 saturated heterocycles. The summed E-state index contributed by atoms with van der Waals surface area (Å²) in [4.78, 5) is 0. The van der Waals surface area contributed by atoms with Gasteiger partial charge in [-0.1, -0.05) is 0 Å². The van der Waals surface area contributed by atoms with Crippen LogP contribution >= 0.6 is 0 Å². The molecule has 0 aliphatic carbocycles. The Kier molecular flexibility index (Phi) is 2.61. The number of ether oxygens (including phenoxy) is 1. The Balaban J connectivity index is 2.05. The Morgan fingerprint density at radius 1 is 1.54 bits per heavy atom. The zero-order chi connectivity index (χ0) is 9.10. The quantitative estimate of drug-likeness (QED) is 0.708. The number of rotatable bonds is 2. The number of hydrogen-bond acceptors (Lipinski definition) is 3. The lowest BCUT2D eigenvalue weighted by Crippen LogP contribution is -2.14. The molecule has 0 saturated carbocycles. The van der Waals surface area contributed by atoms with Crippen molar-refractivity contribution in [2.24, 2.45) is 5.73 Å². The van der Waals surface area contributed by atoms with Gasteiger partial charge >= 0.3 is 0 Å². The summed E-state index contributed by atoms with van der Waals surface area (Å²) in [7, 11) is 0. The summed E-state index contributed by atoms with van der Waals surface area (Å²) in [6.45, 7) is 2.25. The monoisotopic (exact) mass is 181 g/mol. The van der Waals surface area contributed by atoms with Crippen LogP contribution in [0.25, 0.3) is 0 Å². The van der Waals surface area contributed by atoms with E-state index in [4.69, 9.17) is 10.5 Å². The van der Waals surface area contributed by atoms with Gasteiger partial charge in [-0.05, 0) is 18.9 Å². The lowest BCUT2D eigenvalue weighted by Gasteiger charge is -2.19. The molecule has 0 radical (unpaired) electrons. The molecule has 1 aliphatic rings. The van der Waals surface area contributed by atoms with Crippen LogP contribution in [0.3, 0.4) is 0 Å². The number of nitrogens with two attached hydrogens (primary N) is 1. The van der Waals surface area contributed by atoms with Crippen LogP contribution in [0.2, 0.25) is 0 Å². The average Bonchev–Trinajstić information content (AvgIpc) is 2.67. The lowest BCUT2D eigenvalue weighted by atomic mass is 9.96. The van der Waals surface area contributed by atoms with Crippen molar-refractivity contribution in [1.82, 2.24) is 10.2 Å². The first kappa shape index (κ1) is 8.72. The molecular weight excluding hydrogens is 166 g/mol. The third-order valence-electron chi connectivity index (χ3n) is 2.51. The van der Waals surface area contributed by atoms with Crippen LogP contribution in [0, 0.1) is 0 Å². The third-order valence-corrected chi connectivity index (χ3v) is 2.51. The molecule has 0 bridgehead atoms. The Hall–Kier alpha value is -0.870. The summed E-state index contributed by atoms with van der Waals surface area (Å²) >= 11 is 0. The van der Waals surface area contributed by atoms with Crippen LogP contribution in [-0.2, 0) is 11.3 Å². The van der Waals surface area contributed by atoms with E-state index < -0.39 is 0 Å². The van der Waals surface area contributed by atoms with Gasteiger partial charge in [0.25, 0.3) is 0 Å². The minimum absolute atomic E-state index is 0.538. The molecule has 2 rings (SSSR count). The number of aromatic nitrogens is 2. The van der Waals surface area contributed by atoms with Crippen molar-refractivity contribution in [3.8, 4) is 0 Å². The van der Waals surface area contributed by atoms with E-state index in [1.807, 2.05) is 0 Å². The maximum Gasteiger partial charge on any atom is 0.0658 e. The molecule has 13 heavy (non-hydrogen) atoms. The number of H-pyrrole nitrogens is 1. The molecule has 3 N–H and O–H groups in total. The highest BCUT2D eigenvalue weighted by Crippen LogP contribution is 2.25. The van der Waals surface area contributed by atoms with E-state index in [9.17, 15) is 0 Å². The molecular formula is C9H15N3O. The van der Waals surface area contributed by atoms with E-state index in [1.165, 1.54) is 0 Å². The fourth-order valence-corrected chi connectivity index (χ4v) is 1.69. The Labute approximate surface area is 77.5 Å². The van der Waals surface area contributed by atoms with Crippen molar-refractivity contribution in [2.45, 2.75) is 25.3 Å². The van der Waals surface area contributed by atoms with Gasteiger partial charge in [0.15, 0.2) is 0 Å². The highest BCUT2D eigenvalue weighted by atomic mass is 16.5. The van der Waals surface area contributed by atoms with Crippen LogP contribution in [-0.4, -0.2) is 23.4 Å². The van der Waals surface area contributed by atoms with E-state index in [-0.39, 0.29) is 0 Å². The average molecular weight is 181 g/mol. The van der Waals surface area contributed by atoms with E-state index in [0.29, 0.717) is 12.5 Å². The van der Waals surface area contributed by atoms with Gasteiger partial charge in [0.1, 0.15) is 0 Å². The van der Waals surface area contributed by atoms with E-state index >= 15 is 0 Å². The summed E-state index contributed by atoms with van der Waals surface area (Å²) in [6.07, 6.45) is 2.16. The molecule has 0 amide bonds. The summed E-state index contributed by atoms with van der Waals surface area (Å²) in [5.41, 5.74) is 7.65. The van der Waals surface area contributed by atoms with Crippen LogP contribution < -0.4 is 5.73 Å². The highest BCUT2D eigenvalue weighted by molar-refractivity contribution is 5.13. The number of nitrogens with zero attached hydrogens (tertiary/aromatic N) is 1. The SMILES string of the molecule is NCc1cc(C2CCOCC2)n[nH]1. The fourth-order valence-electron chi connectivity index (χ4n) is 1.69. The first-order valence-corrected chi connectivity index (χ1v) is 4.72. The molecule has 0 spiro atoms. The number of aromatic amines is 1. The van der Waals surface area contributed by atoms with Gasteiger partial charge in [-0.3, -0.25) is 5.10 Å². The van der Waals surface area contributed by atoms with Gasteiger partial charge < -0.3 is 10.5 Å². The topological polar surface area (TPSA) is 63.9 Å². The molecule has 0 aromatic carbocycles. The molecule has 72 valence electrons. The molecule has 1 fully saturated rings. The molecule has 4 nitrogen and oxygen atoms in total. The van der Waals surface area contributed by atoms with E-state index in [0.717, 1.165) is 37.4 Å². The third kappa shape index (κ3) is 1.89. The largest absolute Gasteiger partial charge is 0.381 e. The summed E-state index contributed by atoms with van der Waals surface area (Å²) < 4.78 is 5.29. The predicted octanol–water partition coefficient (Wildman–Crippen LogP) is 0.762. The van der Waals surface area contributed by atoms with Gasteiger partial charge in [-0.25, -0.2) is 0 Å². The smallest absolute Gasteiger partial charge is 0.0658 e. The van der Waals surface area contributed by atoms with Crippen LogP contribution in [0.4, 0.5) is 0 Å². The maximum atomic E-state index is 5.50. The molecule has 1 aromatic heterocycles. The normalized spacial score (nSPS) is 19.2. The van der Waals surface area contributed by atoms with Gasteiger partial charge in [-0.15, -0.1) is 0 Å². The minimum Gasteiger partial charge on any atom is -0.381 e. The molecule has 0 atom stereocenters. The second-order valence-electron chi connectivity index (χ2n) is 3.41. The first-order chi connectivity index (χ1) is 6.40. The van der Waals surface area contributed by atoms with Crippen LogP contribution in [0.1, 0.15) is 30.1 Å². The van der Waals surface area contributed by atoms with Gasteiger partial charge in [0.05, 0.1) is 5.69 Å². The van der Waals surface area contributed by atoms with Gasteiger partial charge in [0, 0.05) is 31.4 Å². The number of nitrogens with one attached hydrogen (secondary N) is 1. The minimum atomic E-state index is 0.538. The molecule has 2 heterocycles. The second kappa shape index (κ2) is 3.89. The molecule has 4 heteroatoms.